The van der Waals surface area contributed by atoms with Gasteiger partial charge in [-0.1, -0.05) is 10.3 Å². The van der Waals surface area contributed by atoms with Gasteiger partial charge in [0.1, 0.15) is 11.8 Å². The Morgan fingerprint density at radius 1 is 1.54 bits per heavy atom. The Balaban J connectivity index is 2.69. The van der Waals surface area contributed by atoms with E-state index in [2.05, 4.69) is 10.3 Å². The molecule has 7 nitrogen and oxygen atoms in total. The standard InChI is InChI=1S/C6H10N4O3/c1-3(8-12)6(9-13)10-2-4(10)5(7)11/h4,12-13H,2H2,1H3,(H2,7,11)/b8-3+,9-6-/t4-,10?/m0/s1. The van der Waals surface area contributed by atoms with Gasteiger partial charge in [0.05, 0.1) is 0 Å². The maximum absolute atomic E-state index is 10.6. The van der Waals surface area contributed by atoms with E-state index in [9.17, 15) is 4.79 Å². The van der Waals surface area contributed by atoms with Crippen molar-refractivity contribution in [1.82, 2.24) is 4.90 Å². The summed E-state index contributed by atoms with van der Waals surface area (Å²) in [6, 6.07) is -0.456. The highest BCUT2D eigenvalue weighted by Crippen LogP contribution is 2.17. The van der Waals surface area contributed by atoms with E-state index < -0.39 is 11.9 Å². The van der Waals surface area contributed by atoms with Crippen LogP contribution < -0.4 is 5.73 Å². The molecule has 0 bridgehead atoms. The van der Waals surface area contributed by atoms with Crippen LogP contribution in [0.4, 0.5) is 0 Å². The summed E-state index contributed by atoms with van der Waals surface area (Å²) in [5.74, 6) is -0.432. The molecule has 1 rings (SSSR count). The minimum Gasteiger partial charge on any atom is -0.411 e. The first-order valence-corrected chi connectivity index (χ1v) is 3.58. The summed E-state index contributed by atoms with van der Waals surface area (Å²) >= 11 is 0. The van der Waals surface area contributed by atoms with Gasteiger partial charge in [-0.2, -0.15) is 0 Å². The molecule has 1 aliphatic rings. The fraction of sp³-hybridized carbons (Fsp3) is 0.500. The second kappa shape index (κ2) is 3.30. The minimum absolute atomic E-state index is 0.0614. The number of carbonyl (C=O) groups is 1. The summed E-state index contributed by atoms with van der Waals surface area (Å²) in [5.41, 5.74) is 5.13. The van der Waals surface area contributed by atoms with Crippen LogP contribution in [0.2, 0.25) is 0 Å². The average molecular weight is 186 g/mol. The van der Waals surface area contributed by atoms with Crippen molar-refractivity contribution >= 4 is 17.5 Å². The Morgan fingerprint density at radius 3 is 2.46 bits per heavy atom. The summed E-state index contributed by atoms with van der Waals surface area (Å²) in [6.45, 7) is 1.84. The van der Waals surface area contributed by atoms with E-state index in [-0.39, 0.29) is 11.5 Å². The van der Waals surface area contributed by atoms with Crippen molar-refractivity contribution < 1.29 is 15.2 Å². The molecule has 0 unspecified atom stereocenters. The van der Waals surface area contributed by atoms with E-state index in [4.69, 9.17) is 16.1 Å². The molecule has 0 radical (unpaired) electrons. The molecule has 0 aromatic rings. The summed E-state index contributed by atoms with van der Waals surface area (Å²) in [6.07, 6.45) is 0. The number of amidine groups is 1. The molecule has 1 fully saturated rings. The van der Waals surface area contributed by atoms with Crippen LogP contribution in [-0.4, -0.2) is 45.4 Å². The van der Waals surface area contributed by atoms with Crippen molar-refractivity contribution in [2.24, 2.45) is 16.0 Å². The monoisotopic (exact) mass is 186 g/mol. The molecule has 1 amide bonds. The Kier molecular flexibility index (Phi) is 2.36. The van der Waals surface area contributed by atoms with Gasteiger partial charge in [-0.15, -0.1) is 0 Å². The van der Waals surface area contributed by atoms with Gasteiger partial charge in [0.15, 0.2) is 5.84 Å². The number of hydrogen-bond donors (Lipinski definition) is 3. The van der Waals surface area contributed by atoms with Crippen molar-refractivity contribution in [2.45, 2.75) is 13.0 Å². The number of amides is 1. The summed E-state index contributed by atoms with van der Waals surface area (Å²) < 4.78 is 0. The highest BCUT2D eigenvalue weighted by Gasteiger charge is 2.42. The number of oxime groups is 2. The lowest BCUT2D eigenvalue weighted by atomic mass is 10.4. The van der Waals surface area contributed by atoms with Gasteiger partial charge in [0.2, 0.25) is 5.91 Å². The summed E-state index contributed by atoms with van der Waals surface area (Å²) in [7, 11) is 0. The van der Waals surface area contributed by atoms with E-state index in [1.54, 1.807) is 0 Å². The van der Waals surface area contributed by atoms with Crippen LogP contribution in [0, 0.1) is 0 Å². The zero-order valence-electron chi connectivity index (χ0n) is 7.01. The number of rotatable bonds is 2. The molecule has 72 valence electrons. The number of nitrogens with zero attached hydrogens (tertiary/aromatic N) is 3. The third-order valence-corrected chi connectivity index (χ3v) is 1.78. The molecule has 1 atom stereocenters. The molecular weight excluding hydrogens is 176 g/mol. The maximum Gasteiger partial charge on any atom is 0.242 e. The largest absolute Gasteiger partial charge is 0.411 e. The molecule has 0 aromatic heterocycles. The first-order chi connectivity index (χ1) is 6.11. The summed E-state index contributed by atoms with van der Waals surface area (Å²) in [5, 5.41) is 22.7. The number of hydrogen-bond acceptors (Lipinski definition) is 5. The van der Waals surface area contributed by atoms with Gasteiger partial charge < -0.3 is 21.0 Å². The number of carbonyl (C=O) groups excluding carboxylic acids is 1. The first-order valence-electron chi connectivity index (χ1n) is 3.58. The lowest BCUT2D eigenvalue weighted by Crippen LogP contribution is -2.28. The van der Waals surface area contributed by atoms with Crippen LogP contribution >= 0.6 is 0 Å². The van der Waals surface area contributed by atoms with E-state index in [1.165, 1.54) is 11.8 Å². The Bertz CT molecular complexity index is 286. The lowest BCUT2D eigenvalue weighted by Gasteiger charge is -2.03. The van der Waals surface area contributed by atoms with Crippen LogP contribution in [0.25, 0.3) is 0 Å². The van der Waals surface area contributed by atoms with E-state index >= 15 is 0 Å². The Labute approximate surface area is 74.1 Å². The molecule has 1 saturated heterocycles. The fourth-order valence-electron chi connectivity index (χ4n) is 0.999. The molecule has 0 spiro atoms. The first kappa shape index (κ1) is 9.30. The second-order valence-electron chi connectivity index (χ2n) is 2.68. The third kappa shape index (κ3) is 1.68. The van der Waals surface area contributed by atoms with Crippen molar-refractivity contribution in [2.75, 3.05) is 6.54 Å². The fourth-order valence-corrected chi connectivity index (χ4v) is 0.999. The van der Waals surface area contributed by atoms with Crippen molar-refractivity contribution in [1.29, 1.82) is 0 Å². The number of nitrogens with two attached hydrogens (primary N) is 1. The zero-order valence-corrected chi connectivity index (χ0v) is 7.01. The molecule has 0 aromatic carbocycles. The Hall–Kier alpha value is -1.79. The van der Waals surface area contributed by atoms with Crippen LogP contribution in [0.3, 0.4) is 0 Å². The van der Waals surface area contributed by atoms with Crippen LogP contribution in [-0.2, 0) is 4.79 Å². The van der Waals surface area contributed by atoms with Crippen LogP contribution in [0.1, 0.15) is 6.92 Å². The molecule has 1 aliphatic heterocycles. The second-order valence-corrected chi connectivity index (χ2v) is 2.68. The predicted octanol–water partition coefficient (Wildman–Crippen LogP) is -1.21. The van der Waals surface area contributed by atoms with Gasteiger partial charge in [-0.3, -0.25) is 4.79 Å². The van der Waals surface area contributed by atoms with Gasteiger partial charge in [-0.25, -0.2) is 0 Å². The summed E-state index contributed by atoms with van der Waals surface area (Å²) in [4.78, 5) is 12.1. The third-order valence-electron chi connectivity index (χ3n) is 1.78. The molecule has 0 aliphatic carbocycles. The topological polar surface area (TPSA) is 111 Å². The molecule has 4 N–H and O–H groups in total. The zero-order chi connectivity index (χ0) is 10.0. The molecular formula is C6H10N4O3. The van der Waals surface area contributed by atoms with Gasteiger partial charge >= 0.3 is 0 Å². The van der Waals surface area contributed by atoms with Crippen molar-refractivity contribution in [3.05, 3.63) is 0 Å². The maximum atomic E-state index is 10.6. The van der Waals surface area contributed by atoms with E-state index in [1.807, 2.05) is 0 Å². The quantitative estimate of drug-likeness (QED) is 0.165. The highest BCUT2D eigenvalue weighted by molar-refractivity contribution is 6.41. The van der Waals surface area contributed by atoms with Crippen LogP contribution in [0.15, 0.2) is 10.3 Å². The molecule has 13 heavy (non-hydrogen) atoms. The van der Waals surface area contributed by atoms with E-state index in [0.717, 1.165) is 0 Å². The molecule has 0 saturated carbocycles. The highest BCUT2D eigenvalue weighted by atomic mass is 16.4. The Morgan fingerprint density at radius 2 is 2.15 bits per heavy atom. The predicted molar refractivity (Wildman–Crippen MR) is 43.8 cm³/mol. The normalized spacial score (nSPS) is 23.2. The molecule has 7 heteroatoms. The van der Waals surface area contributed by atoms with E-state index in [0.29, 0.717) is 6.54 Å². The van der Waals surface area contributed by atoms with Crippen LogP contribution in [0.5, 0.6) is 0 Å². The average Bonchev–Trinajstić information content (AvgIpc) is 2.85. The molecule has 1 heterocycles. The SMILES string of the molecule is CC(=N\O)/C(=N/O)N1C[C@H]1C(N)=O. The van der Waals surface area contributed by atoms with Crippen molar-refractivity contribution in [3.8, 4) is 0 Å². The smallest absolute Gasteiger partial charge is 0.242 e. The van der Waals surface area contributed by atoms with Crippen molar-refractivity contribution in [3.63, 3.8) is 0 Å². The minimum atomic E-state index is -0.494. The van der Waals surface area contributed by atoms with Gasteiger partial charge in [0.25, 0.3) is 0 Å². The van der Waals surface area contributed by atoms with Gasteiger partial charge in [0, 0.05) is 6.54 Å². The number of primary amides is 1. The van der Waals surface area contributed by atoms with Gasteiger partial charge in [-0.05, 0) is 6.92 Å². The lowest BCUT2D eigenvalue weighted by molar-refractivity contribution is -0.117.